The minimum absolute atomic E-state index is 0.165. The van der Waals surface area contributed by atoms with E-state index in [2.05, 4.69) is 10.1 Å². The number of carbonyl (C=O) groups excluding carboxylic acids is 3. The van der Waals surface area contributed by atoms with E-state index in [1.165, 1.54) is 7.11 Å². The van der Waals surface area contributed by atoms with Crippen molar-refractivity contribution in [1.82, 2.24) is 5.32 Å². The van der Waals surface area contributed by atoms with Crippen LogP contribution in [0.2, 0.25) is 0 Å². The molecule has 0 aromatic carbocycles. The summed E-state index contributed by atoms with van der Waals surface area (Å²) in [6.07, 6.45) is 2.06. The van der Waals surface area contributed by atoms with Crippen molar-refractivity contribution in [2.24, 2.45) is 5.92 Å². The van der Waals surface area contributed by atoms with Crippen LogP contribution in [0.4, 0.5) is 0 Å². The van der Waals surface area contributed by atoms with E-state index in [-0.39, 0.29) is 11.8 Å². The maximum absolute atomic E-state index is 11.3. The summed E-state index contributed by atoms with van der Waals surface area (Å²) in [4.78, 5) is 32.5. The van der Waals surface area contributed by atoms with Crippen molar-refractivity contribution in [3.63, 3.8) is 0 Å². The fourth-order valence-corrected chi connectivity index (χ4v) is 1.56. The molecule has 0 aromatic heterocycles. The highest BCUT2D eigenvalue weighted by atomic mass is 16.5. The molecular weight excluding hydrogens is 186 g/mol. The molecule has 0 aliphatic carbocycles. The molecule has 2 atom stereocenters. The van der Waals surface area contributed by atoms with Crippen molar-refractivity contribution in [3.05, 3.63) is 0 Å². The van der Waals surface area contributed by atoms with Crippen molar-refractivity contribution in [1.29, 1.82) is 0 Å². The van der Waals surface area contributed by atoms with Gasteiger partial charge in [0.05, 0.1) is 7.11 Å². The molecule has 14 heavy (non-hydrogen) atoms. The van der Waals surface area contributed by atoms with Crippen molar-refractivity contribution in [2.45, 2.75) is 25.3 Å². The van der Waals surface area contributed by atoms with Gasteiger partial charge in [-0.25, -0.2) is 4.79 Å². The van der Waals surface area contributed by atoms with Gasteiger partial charge in [0.15, 0.2) is 0 Å². The molecule has 0 saturated carbocycles. The molecule has 1 amide bonds. The Labute approximate surface area is 81.8 Å². The van der Waals surface area contributed by atoms with Crippen LogP contribution in [0.1, 0.15) is 19.3 Å². The molecule has 1 fully saturated rings. The first kappa shape index (κ1) is 10.7. The number of hydrogen-bond donors (Lipinski definition) is 1. The lowest BCUT2D eigenvalue weighted by atomic mass is 10.00. The fourth-order valence-electron chi connectivity index (χ4n) is 1.56. The average molecular weight is 199 g/mol. The molecule has 5 nitrogen and oxygen atoms in total. The van der Waals surface area contributed by atoms with Crippen LogP contribution in [-0.4, -0.2) is 31.3 Å². The van der Waals surface area contributed by atoms with Gasteiger partial charge in [-0.3, -0.25) is 4.79 Å². The molecule has 78 valence electrons. The first-order valence-electron chi connectivity index (χ1n) is 4.51. The summed E-state index contributed by atoms with van der Waals surface area (Å²) < 4.78 is 4.51. The maximum atomic E-state index is 11.3. The van der Waals surface area contributed by atoms with E-state index < -0.39 is 12.0 Å². The van der Waals surface area contributed by atoms with E-state index >= 15 is 0 Å². The number of ether oxygens (including phenoxy) is 1. The Morgan fingerprint density at radius 3 is 3.00 bits per heavy atom. The monoisotopic (exact) mass is 199 g/mol. The number of carbonyl (C=O) groups is 3. The third kappa shape index (κ3) is 2.31. The lowest BCUT2D eigenvalue weighted by Crippen LogP contribution is -2.34. The predicted octanol–water partition coefficient (Wildman–Crippen LogP) is -0.357. The Morgan fingerprint density at radius 2 is 2.43 bits per heavy atom. The van der Waals surface area contributed by atoms with Gasteiger partial charge in [-0.05, 0) is 12.8 Å². The largest absolute Gasteiger partial charge is 0.467 e. The van der Waals surface area contributed by atoms with Crippen LogP contribution in [-0.2, 0) is 19.1 Å². The normalized spacial score (nSPS) is 25.6. The highest BCUT2D eigenvalue weighted by molar-refractivity contribution is 5.89. The van der Waals surface area contributed by atoms with Gasteiger partial charge in [0, 0.05) is 12.3 Å². The second-order valence-corrected chi connectivity index (χ2v) is 3.26. The summed E-state index contributed by atoms with van der Waals surface area (Å²) in [6, 6.07) is -0.538. The Bertz CT molecular complexity index is 251. The number of aldehydes is 1. The minimum atomic E-state index is -0.538. The lowest BCUT2D eigenvalue weighted by molar-refractivity contribution is -0.143. The highest BCUT2D eigenvalue weighted by Crippen LogP contribution is 2.20. The van der Waals surface area contributed by atoms with E-state index in [0.29, 0.717) is 19.3 Å². The molecule has 1 heterocycles. The predicted molar refractivity (Wildman–Crippen MR) is 47.4 cm³/mol. The van der Waals surface area contributed by atoms with Gasteiger partial charge in [-0.1, -0.05) is 0 Å². The number of hydrogen-bond acceptors (Lipinski definition) is 4. The Hall–Kier alpha value is -1.39. The first-order valence-corrected chi connectivity index (χ1v) is 4.51. The summed E-state index contributed by atoms with van der Waals surface area (Å²) in [5.41, 5.74) is 0. The van der Waals surface area contributed by atoms with Gasteiger partial charge >= 0.3 is 5.97 Å². The summed E-state index contributed by atoms with van der Waals surface area (Å²) >= 11 is 0. The second-order valence-electron chi connectivity index (χ2n) is 3.26. The summed E-state index contributed by atoms with van der Waals surface area (Å²) in [5, 5.41) is 2.53. The molecule has 0 radical (unpaired) electrons. The van der Waals surface area contributed by atoms with E-state index in [1.807, 2.05) is 0 Å². The molecule has 0 spiro atoms. The van der Waals surface area contributed by atoms with Crippen molar-refractivity contribution >= 4 is 18.2 Å². The van der Waals surface area contributed by atoms with Crippen LogP contribution in [0.15, 0.2) is 0 Å². The van der Waals surface area contributed by atoms with Gasteiger partial charge < -0.3 is 14.8 Å². The van der Waals surface area contributed by atoms with E-state index in [0.717, 1.165) is 6.29 Å². The van der Waals surface area contributed by atoms with E-state index in [4.69, 9.17) is 0 Å². The van der Waals surface area contributed by atoms with Crippen molar-refractivity contribution in [2.75, 3.05) is 7.11 Å². The summed E-state index contributed by atoms with van der Waals surface area (Å²) in [7, 11) is 1.28. The zero-order valence-electron chi connectivity index (χ0n) is 7.99. The number of amides is 1. The molecule has 1 N–H and O–H groups in total. The molecule has 1 rings (SSSR count). The van der Waals surface area contributed by atoms with Crippen molar-refractivity contribution < 1.29 is 19.1 Å². The molecule has 5 heteroatoms. The quantitative estimate of drug-likeness (QED) is 0.496. The SMILES string of the molecule is COC(=O)[C@@H]1C[C@H](CCC=O)C(=O)N1. The molecule has 1 aliphatic heterocycles. The third-order valence-corrected chi connectivity index (χ3v) is 2.33. The van der Waals surface area contributed by atoms with Crippen LogP contribution in [0.5, 0.6) is 0 Å². The Balaban J connectivity index is 2.46. The van der Waals surface area contributed by atoms with Gasteiger partial charge in [0.25, 0.3) is 0 Å². The topological polar surface area (TPSA) is 72.5 Å². The van der Waals surface area contributed by atoms with Crippen LogP contribution < -0.4 is 5.32 Å². The Morgan fingerprint density at radius 1 is 1.71 bits per heavy atom. The zero-order valence-corrected chi connectivity index (χ0v) is 7.99. The molecule has 0 unspecified atom stereocenters. The number of rotatable bonds is 4. The Kier molecular flexibility index (Phi) is 3.62. The summed E-state index contributed by atoms with van der Waals surface area (Å²) in [6.45, 7) is 0. The fraction of sp³-hybridized carbons (Fsp3) is 0.667. The molecule has 0 aromatic rings. The molecule has 0 bridgehead atoms. The summed E-state index contributed by atoms with van der Waals surface area (Å²) in [5.74, 6) is -0.821. The first-order chi connectivity index (χ1) is 6.69. The van der Waals surface area contributed by atoms with E-state index in [1.54, 1.807) is 0 Å². The zero-order chi connectivity index (χ0) is 10.6. The maximum Gasteiger partial charge on any atom is 0.328 e. The number of methoxy groups -OCH3 is 1. The number of nitrogens with one attached hydrogen (secondary N) is 1. The molecule has 1 aliphatic rings. The number of esters is 1. The van der Waals surface area contributed by atoms with Gasteiger partial charge in [0.2, 0.25) is 5.91 Å². The third-order valence-electron chi connectivity index (χ3n) is 2.33. The van der Waals surface area contributed by atoms with Crippen LogP contribution >= 0.6 is 0 Å². The van der Waals surface area contributed by atoms with Gasteiger partial charge in [-0.15, -0.1) is 0 Å². The minimum Gasteiger partial charge on any atom is -0.467 e. The lowest BCUT2D eigenvalue weighted by Gasteiger charge is -2.05. The molecule has 1 saturated heterocycles. The molecular formula is C9H13NO4. The average Bonchev–Trinajstić information content (AvgIpc) is 2.56. The standard InChI is InChI=1S/C9H13NO4/c1-14-9(13)7-5-6(3-2-4-11)8(12)10-7/h4,6-7H,2-3,5H2,1H3,(H,10,12)/t6-,7-/m0/s1. The second kappa shape index (κ2) is 4.74. The van der Waals surface area contributed by atoms with E-state index in [9.17, 15) is 14.4 Å². The smallest absolute Gasteiger partial charge is 0.328 e. The van der Waals surface area contributed by atoms with Crippen molar-refractivity contribution in [3.8, 4) is 0 Å². The van der Waals surface area contributed by atoms with Crippen LogP contribution in [0.3, 0.4) is 0 Å². The van der Waals surface area contributed by atoms with Crippen LogP contribution in [0, 0.1) is 5.92 Å². The van der Waals surface area contributed by atoms with Gasteiger partial charge in [0.1, 0.15) is 12.3 Å². The highest BCUT2D eigenvalue weighted by Gasteiger charge is 2.35. The van der Waals surface area contributed by atoms with Gasteiger partial charge in [-0.2, -0.15) is 0 Å². The van der Waals surface area contributed by atoms with Crippen LogP contribution in [0.25, 0.3) is 0 Å².